The molecule has 218 valence electrons. The Balaban J connectivity index is 2.17. The highest BCUT2D eigenvalue weighted by Crippen LogP contribution is 2.40. The summed E-state index contributed by atoms with van der Waals surface area (Å²) in [6, 6.07) is 10.9. The van der Waals surface area contributed by atoms with E-state index in [4.69, 9.17) is 9.47 Å². The molecule has 0 spiro atoms. The van der Waals surface area contributed by atoms with E-state index in [1.54, 1.807) is 90.1 Å². The third-order valence-electron chi connectivity index (χ3n) is 5.06. The van der Waals surface area contributed by atoms with Gasteiger partial charge in [-0.25, -0.2) is 9.59 Å². The first-order chi connectivity index (χ1) is 18.6. The number of hydrogen-bond donors (Lipinski definition) is 4. The molecule has 0 aliphatic rings. The zero-order valence-corrected chi connectivity index (χ0v) is 25.0. The van der Waals surface area contributed by atoms with E-state index in [0.717, 1.165) is 0 Å². The zero-order valence-electron chi connectivity index (χ0n) is 23.3. The van der Waals surface area contributed by atoms with Crippen LogP contribution >= 0.6 is 21.6 Å². The Hall–Kier alpha value is -3.06. The quantitative estimate of drug-likeness (QED) is 0.245. The fourth-order valence-electron chi connectivity index (χ4n) is 3.03. The maximum atomic E-state index is 13.0. The average molecular weight is 593 g/mol. The number of carbonyl (C=O) groups excluding carboxylic acids is 2. The van der Waals surface area contributed by atoms with Crippen LogP contribution in [0.3, 0.4) is 0 Å². The standard InChI is InChI=1S/C28H36N2O8S2/c1-27(2,3)37-15-19(25(33)34)29-23(31)17-11-7-9-13-21(17)39-40-22-14-10-8-12-18(22)24(32)30-20(26(35)36)16-38-28(4,5)6/h7-14,19-20H,15-16H2,1-6H3,(H,29,31)(H,30,32)(H,33,34)(H,35,36). The van der Waals surface area contributed by atoms with Crippen molar-refractivity contribution in [1.82, 2.24) is 10.6 Å². The lowest BCUT2D eigenvalue weighted by Gasteiger charge is -2.23. The Labute approximate surface area is 242 Å². The van der Waals surface area contributed by atoms with E-state index in [-0.39, 0.29) is 24.3 Å². The second-order valence-corrected chi connectivity index (χ2v) is 12.9. The lowest BCUT2D eigenvalue weighted by molar-refractivity contribution is -0.143. The van der Waals surface area contributed by atoms with Crippen molar-refractivity contribution >= 4 is 45.3 Å². The molecule has 2 aromatic rings. The van der Waals surface area contributed by atoms with Gasteiger partial charge in [-0.1, -0.05) is 45.9 Å². The molecule has 2 amide bonds. The van der Waals surface area contributed by atoms with Crippen LogP contribution in [-0.2, 0) is 19.1 Å². The molecule has 2 atom stereocenters. The van der Waals surface area contributed by atoms with Crippen molar-refractivity contribution in [3.05, 3.63) is 59.7 Å². The van der Waals surface area contributed by atoms with Gasteiger partial charge in [0.1, 0.15) is 0 Å². The number of aliphatic carboxylic acids is 2. The number of carbonyl (C=O) groups is 4. The highest BCUT2D eigenvalue weighted by Gasteiger charge is 2.26. The molecule has 0 radical (unpaired) electrons. The summed E-state index contributed by atoms with van der Waals surface area (Å²) >= 11 is 0. The van der Waals surface area contributed by atoms with Gasteiger partial charge in [-0.2, -0.15) is 0 Å². The topological polar surface area (TPSA) is 151 Å². The number of ether oxygens (including phenoxy) is 2. The molecule has 0 bridgehead atoms. The van der Waals surface area contributed by atoms with E-state index >= 15 is 0 Å². The lowest BCUT2D eigenvalue weighted by Crippen LogP contribution is -2.45. The Kier molecular flexibility index (Phi) is 12.0. The number of benzene rings is 2. The second kappa shape index (κ2) is 14.5. The zero-order chi connectivity index (χ0) is 30.1. The van der Waals surface area contributed by atoms with Crippen LogP contribution in [-0.4, -0.2) is 70.5 Å². The molecule has 0 saturated carbocycles. The van der Waals surface area contributed by atoms with Crippen molar-refractivity contribution in [2.24, 2.45) is 0 Å². The van der Waals surface area contributed by atoms with Gasteiger partial charge in [-0.05, 0) is 65.8 Å². The van der Waals surface area contributed by atoms with Gasteiger partial charge in [-0.3, -0.25) is 9.59 Å². The van der Waals surface area contributed by atoms with E-state index in [1.165, 1.54) is 21.6 Å². The largest absolute Gasteiger partial charge is 0.480 e. The number of hydrogen-bond acceptors (Lipinski definition) is 8. The SMILES string of the molecule is CC(C)(C)OCC(NC(=O)c1ccccc1SSc1ccccc1C(=O)NC(COC(C)(C)C)C(=O)O)C(=O)O. The first kappa shape index (κ1) is 33.1. The minimum absolute atomic E-state index is 0.199. The second-order valence-electron chi connectivity index (χ2n) is 10.7. The summed E-state index contributed by atoms with van der Waals surface area (Å²) < 4.78 is 11.1. The molecule has 0 aliphatic heterocycles. The Bertz CT molecular complexity index is 1110. The van der Waals surface area contributed by atoms with E-state index < -0.39 is 47.0 Å². The molecule has 12 heteroatoms. The van der Waals surface area contributed by atoms with Gasteiger partial charge in [0, 0.05) is 9.79 Å². The van der Waals surface area contributed by atoms with Crippen LogP contribution in [0.4, 0.5) is 0 Å². The smallest absolute Gasteiger partial charge is 0.328 e. The Morgan fingerprint density at radius 3 is 1.30 bits per heavy atom. The van der Waals surface area contributed by atoms with Gasteiger partial charge < -0.3 is 30.3 Å². The molecule has 2 unspecified atom stereocenters. The highest BCUT2D eigenvalue weighted by atomic mass is 33.1. The number of amides is 2. The van der Waals surface area contributed by atoms with Crippen LogP contribution < -0.4 is 10.6 Å². The van der Waals surface area contributed by atoms with Crippen LogP contribution in [0.5, 0.6) is 0 Å². The normalized spacial score (nSPS) is 13.2. The molecular formula is C28H36N2O8S2. The first-order valence-electron chi connectivity index (χ1n) is 12.5. The van der Waals surface area contributed by atoms with Crippen molar-refractivity contribution in [2.45, 2.75) is 74.6 Å². The van der Waals surface area contributed by atoms with E-state index in [1.807, 2.05) is 0 Å². The van der Waals surface area contributed by atoms with E-state index in [2.05, 4.69) is 10.6 Å². The molecule has 0 heterocycles. The van der Waals surface area contributed by atoms with Crippen molar-refractivity contribution in [3.8, 4) is 0 Å². The molecule has 0 aliphatic carbocycles. The third-order valence-corrected chi connectivity index (χ3v) is 7.54. The molecule has 2 aromatic carbocycles. The summed E-state index contributed by atoms with van der Waals surface area (Å²) in [7, 11) is 2.42. The lowest BCUT2D eigenvalue weighted by atomic mass is 10.1. The molecular weight excluding hydrogens is 556 g/mol. The fraction of sp³-hybridized carbons (Fsp3) is 0.429. The van der Waals surface area contributed by atoms with Crippen molar-refractivity contribution < 1.29 is 38.9 Å². The van der Waals surface area contributed by atoms with Crippen LogP contribution in [0.15, 0.2) is 58.3 Å². The van der Waals surface area contributed by atoms with E-state index in [9.17, 15) is 29.4 Å². The van der Waals surface area contributed by atoms with Crippen LogP contribution in [0.25, 0.3) is 0 Å². The molecule has 4 N–H and O–H groups in total. The monoisotopic (exact) mass is 592 g/mol. The molecule has 2 rings (SSSR count). The van der Waals surface area contributed by atoms with Crippen molar-refractivity contribution in [1.29, 1.82) is 0 Å². The molecule has 0 aromatic heterocycles. The first-order valence-corrected chi connectivity index (χ1v) is 14.6. The van der Waals surface area contributed by atoms with Gasteiger partial charge in [-0.15, -0.1) is 0 Å². The summed E-state index contributed by atoms with van der Waals surface area (Å²) in [4.78, 5) is 50.5. The minimum atomic E-state index is -1.24. The predicted molar refractivity (Wildman–Crippen MR) is 154 cm³/mol. The van der Waals surface area contributed by atoms with Gasteiger partial charge in [0.2, 0.25) is 0 Å². The van der Waals surface area contributed by atoms with Crippen LogP contribution in [0, 0.1) is 0 Å². The molecule has 40 heavy (non-hydrogen) atoms. The Morgan fingerprint density at radius 1 is 0.675 bits per heavy atom. The third kappa shape index (κ3) is 11.2. The van der Waals surface area contributed by atoms with Crippen LogP contribution in [0.1, 0.15) is 62.3 Å². The summed E-state index contributed by atoms with van der Waals surface area (Å²) in [6.07, 6.45) is 0. The summed E-state index contributed by atoms with van der Waals surface area (Å²) in [6.45, 7) is 10.3. The molecule has 10 nitrogen and oxygen atoms in total. The maximum Gasteiger partial charge on any atom is 0.328 e. The van der Waals surface area contributed by atoms with Crippen molar-refractivity contribution in [3.63, 3.8) is 0 Å². The summed E-state index contributed by atoms with van der Waals surface area (Å²) in [5.74, 6) is -3.60. The van der Waals surface area contributed by atoms with Crippen molar-refractivity contribution in [2.75, 3.05) is 13.2 Å². The van der Waals surface area contributed by atoms with Gasteiger partial charge in [0.05, 0.1) is 35.5 Å². The number of nitrogens with one attached hydrogen (secondary N) is 2. The van der Waals surface area contributed by atoms with Crippen LogP contribution in [0.2, 0.25) is 0 Å². The minimum Gasteiger partial charge on any atom is -0.480 e. The summed E-state index contributed by atoms with van der Waals surface area (Å²) in [5.41, 5.74) is -0.636. The van der Waals surface area contributed by atoms with Gasteiger partial charge >= 0.3 is 11.9 Å². The van der Waals surface area contributed by atoms with Gasteiger partial charge in [0.15, 0.2) is 12.1 Å². The number of carboxylic acid groups (broad SMARTS) is 2. The molecule has 0 saturated heterocycles. The predicted octanol–water partition coefficient (Wildman–Crippen LogP) is 4.48. The fourth-order valence-corrected chi connectivity index (χ4v) is 5.39. The summed E-state index contributed by atoms with van der Waals surface area (Å²) in [5, 5.41) is 24.1. The average Bonchev–Trinajstić information content (AvgIpc) is 2.86. The Morgan fingerprint density at radius 2 is 1.00 bits per heavy atom. The maximum absolute atomic E-state index is 13.0. The van der Waals surface area contributed by atoms with E-state index in [0.29, 0.717) is 9.79 Å². The number of carboxylic acids is 2. The van der Waals surface area contributed by atoms with Gasteiger partial charge in [0.25, 0.3) is 11.8 Å². The molecule has 0 fully saturated rings. The number of rotatable bonds is 13. The highest BCUT2D eigenvalue weighted by molar-refractivity contribution is 8.76.